The van der Waals surface area contributed by atoms with Crippen molar-refractivity contribution in [2.24, 2.45) is 7.05 Å². The first-order chi connectivity index (χ1) is 14.9. The molecule has 3 aromatic heterocycles. The summed E-state index contributed by atoms with van der Waals surface area (Å²) in [6.45, 7) is 1.73. The van der Waals surface area contributed by atoms with Crippen molar-refractivity contribution >= 4 is 39.6 Å². The molecule has 3 heterocycles. The molecule has 5 aromatic rings. The number of carbonyl (C=O) groups is 1. The summed E-state index contributed by atoms with van der Waals surface area (Å²) < 4.78 is 7.79. The van der Waals surface area contributed by atoms with E-state index in [9.17, 15) is 9.90 Å². The van der Waals surface area contributed by atoms with Crippen LogP contribution in [0.15, 0.2) is 54.7 Å². The van der Waals surface area contributed by atoms with Crippen LogP contribution in [-0.4, -0.2) is 30.6 Å². The lowest BCUT2D eigenvalue weighted by atomic mass is 10.1. The standard InChI is InChI=1S/C23H17ClN4O3/c1-12-3-5-15(10-16(12)22(29)30)31-23-25-18-11-17(24)20(26-21(18)27-23)14-4-6-19-13(9-14)7-8-28(19)2/h3-11H,1-2H3,(H,29,30)(H,25,26,27). The second-order valence-electron chi connectivity index (χ2n) is 7.32. The fourth-order valence-corrected chi connectivity index (χ4v) is 3.84. The van der Waals surface area contributed by atoms with E-state index in [0.29, 0.717) is 33.2 Å². The van der Waals surface area contributed by atoms with Gasteiger partial charge in [0.2, 0.25) is 0 Å². The number of aromatic nitrogens is 4. The van der Waals surface area contributed by atoms with Crippen molar-refractivity contribution in [3.8, 4) is 23.0 Å². The first-order valence-electron chi connectivity index (χ1n) is 9.52. The van der Waals surface area contributed by atoms with Crippen LogP contribution in [0.5, 0.6) is 11.8 Å². The number of aromatic amines is 1. The number of ether oxygens (including phenoxy) is 1. The van der Waals surface area contributed by atoms with Gasteiger partial charge in [-0.1, -0.05) is 23.7 Å². The molecule has 0 fully saturated rings. The number of hydrogen-bond acceptors (Lipinski definition) is 4. The molecular formula is C23H17ClN4O3. The highest BCUT2D eigenvalue weighted by Gasteiger charge is 2.14. The summed E-state index contributed by atoms with van der Waals surface area (Å²) in [5.41, 5.74) is 4.53. The van der Waals surface area contributed by atoms with Crippen LogP contribution in [0, 0.1) is 6.92 Å². The third-order valence-corrected chi connectivity index (χ3v) is 5.51. The summed E-state index contributed by atoms with van der Waals surface area (Å²) in [7, 11) is 2.00. The Hall–Kier alpha value is -3.84. The van der Waals surface area contributed by atoms with E-state index in [4.69, 9.17) is 16.3 Å². The molecule has 7 nitrogen and oxygen atoms in total. The zero-order chi connectivity index (χ0) is 21.7. The Bertz CT molecular complexity index is 1490. The number of pyridine rings is 1. The molecule has 0 amide bonds. The second-order valence-corrected chi connectivity index (χ2v) is 7.72. The van der Waals surface area contributed by atoms with Gasteiger partial charge in [0.15, 0.2) is 5.65 Å². The maximum absolute atomic E-state index is 11.4. The van der Waals surface area contributed by atoms with Crippen LogP contribution in [0.3, 0.4) is 0 Å². The van der Waals surface area contributed by atoms with E-state index < -0.39 is 5.97 Å². The number of aromatic carboxylic acids is 1. The lowest BCUT2D eigenvalue weighted by Crippen LogP contribution is -2.00. The van der Waals surface area contributed by atoms with Crippen molar-refractivity contribution in [2.75, 3.05) is 0 Å². The van der Waals surface area contributed by atoms with Crippen molar-refractivity contribution in [1.29, 1.82) is 0 Å². The molecule has 0 unspecified atom stereocenters. The highest BCUT2D eigenvalue weighted by molar-refractivity contribution is 6.33. The highest BCUT2D eigenvalue weighted by atomic mass is 35.5. The minimum absolute atomic E-state index is 0.174. The Morgan fingerprint density at radius 3 is 2.77 bits per heavy atom. The van der Waals surface area contributed by atoms with Gasteiger partial charge in [-0.25, -0.2) is 9.78 Å². The Morgan fingerprint density at radius 1 is 1.13 bits per heavy atom. The van der Waals surface area contributed by atoms with Crippen molar-refractivity contribution < 1.29 is 14.6 Å². The molecule has 31 heavy (non-hydrogen) atoms. The van der Waals surface area contributed by atoms with E-state index in [1.165, 1.54) is 6.07 Å². The Morgan fingerprint density at radius 2 is 1.97 bits per heavy atom. The van der Waals surface area contributed by atoms with Gasteiger partial charge in [0.05, 0.1) is 21.8 Å². The smallest absolute Gasteiger partial charge is 0.336 e. The zero-order valence-corrected chi connectivity index (χ0v) is 17.4. The topological polar surface area (TPSA) is 93.0 Å². The molecule has 154 valence electrons. The Balaban J connectivity index is 1.52. The molecule has 0 aliphatic rings. The minimum atomic E-state index is -1.01. The molecule has 0 aliphatic carbocycles. The van der Waals surface area contributed by atoms with Crippen LogP contribution < -0.4 is 4.74 Å². The number of imidazole rings is 1. The van der Waals surface area contributed by atoms with Crippen molar-refractivity contribution in [3.05, 3.63) is 70.9 Å². The molecule has 2 N–H and O–H groups in total. The SMILES string of the molecule is Cc1ccc(Oc2nc3nc(-c4ccc5c(ccn5C)c4)c(Cl)cc3[nH]2)cc1C(=O)O. The second kappa shape index (κ2) is 7.14. The summed E-state index contributed by atoms with van der Waals surface area (Å²) in [4.78, 5) is 23.4. The summed E-state index contributed by atoms with van der Waals surface area (Å²) in [6.07, 6.45) is 2.00. The lowest BCUT2D eigenvalue weighted by molar-refractivity contribution is 0.0695. The van der Waals surface area contributed by atoms with E-state index in [1.807, 2.05) is 37.5 Å². The number of aryl methyl sites for hydroxylation is 2. The van der Waals surface area contributed by atoms with Crippen LogP contribution in [-0.2, 0) is 7.05 Å². The molecular weight excluding hydrogens is 416 g/mol. The monoisotopic (exact) mass is 432 g/mol. The van der Waals surface area contributed by atoms with Crippen LogP contribution in [0.4, 0.5) is 0 Å². The number of rotatable bonds is 4. The number of carboxylic acid groups (broad SMARTS) is 1. The first kappa shape index (κ1) is 19.1. The Kier molecular flexibility index (Phi) is 4.41. The van der Waals surface area contributed by atoms with Gasteiger partial charge in [-0.05, 0) is 48.9 Å². The predicted octanol–water partition coefficient (Wildman–Crippen LogP) is 5.57. The van der Waals surface area contributed by atoms with Gasteiger partial charge in [0.1, 0.15) is 5.75 Å². The van der Waals surface area contributed by atoms with Crippen LogP contribution in [0.1, 0.15) is 15.9 Å². The molecule has 0 aliphatic heterocycles. The van der Waals surface area contributed by atoms with E-state index in [2.05, 4.69) is 19.5 Å². The van der Waals surface area contributed by atoms with Crippen molar-refractivity contribution in [3.63, 3.8) is 0 Å². The van der Waals surface area contributed by atoms with Crippen molar-refractivity contribution in [1.82, 2.24) is 19.5 Å². The normalized spacial score (nSPS) is 11.3. The fraction of sp³-hybridized carbons (Fsp3) is 0.0870. The molecule has 0 saturated heterocycles. The van der Waals surface area contributed by atoms with Crippen LogP contribution in [0.2, 0.25) is 5.02 Å². The number of nitrogens with one attached hydrogen (secondary N) is 1. The van der Waals surface area contributed by atoms with E-state index in [0.717, 1.165) is 16.5 Å². The van der Waals surface area contributed by atoms with Gasteiger partial charge in [-0.2, -0.15) is 4.98 Å². The summed E-state index contributed by atoms with van der Waals surface area (Å²) in [6, 6.07) is 14.9. The quantitative estimate of drug-likeness (QED) is 0.387. The van der Waals surface area contributed by atoms with Gasteiger partial charge in [0, 0.05) is 29.7 Å². The van der Waals surface area contributed by atoms with Gasteiger partial charge in [-0.3, -0.25) is 0 Å². The minimum Gasteiger partial charge on any atom is -0.478 e. The summed E-state index contributed by atoms with van der Waals surface area (Å²) in [5.74, 6) is -0.649. The van der Waals surface area contributed by atoms with Crippen molar-refractivity contribution in [2.45, 2.75) is 6.92 Å². The molecule has 0 radical (unpaired) electrons. The highest BCUT2D eigenvalue weighted by Crippen LogP contribution is 2.32. The average molecular weight is 433 g/mol. The summed E-state index contributed by atoms with van der Waals surface area (Å²) in [5, 5.41) is 10.9. The number of halogens is 1. The fourth-order valence-electron chi connectivity index (χ4n) is 3.58. The van der Waals surface area contributed by atoms with Gasteiger partial charge >= 0.3 is 12.0 Å². The average Bonchev–Trinajstić information content (AvgIpc) is 3.30. The lowest BCUT2D eigenvalue weighted by Gasteiger charge is -2.05. The maximum atomic E-state index is 11.4. The first-order valence-corrected chi connectivity index (χ1v) is 9.90. The molecule has 8 heteroatoms. The Labute approximate surface area is 181 Å². The third-order valence-electron chi connectivity index (χ3n) is 5.22. The van der Waals surface area contributed by atoms with Crippen LogP contribution >= 0.6 is 11.6 Å². The molecule has 5 rings (SSSR count). The number of carboxylic acids is 1. The molecule has 0 spiro atoms. The molecule has 0 bridgehead atoms. The van der Waals surface area contributed by atoms with Gasteiger partial charge in [-0.15, -0.1) is 0 Å². The molecule has 2 aromatic carbocycles. The van der Waals surface area contributed by atoms with Gasteiger partial charge in [0.25, 0.3) is 0 Å². The number of hydrogen-bond donors (Lipinski definition) is 2. The van der Waals surface area contributed by atoms with Crippen LogP contribution in [0.25, 0.3) is 33.3 Å². The maximum Gasteiger partial charge on any atom is 0.336 e. The number of fused-ring (bicyclic) bond motifs is 2. The molecule has 0 saturated carbocycles. The number of nitrogens with zero attached hydrogens (tertiary/aromatic N) is 3. The van der Waals surface area contributed by atoms with Gasteiger partial charge < -0.3 is 19.4 Å². The summed E-state index contributed by atoms with van der Waals surface area (Å²) >= 11 is 6.52. The molecule has 0 atom stereocenters. The third kappa shape index (κ3) is 3.39. The predicted molar refractivity (Wildman–Crippen MR) is 119 cm³/mol. The largest absolute Gasteiger partial charge is 0.478 e. The number of benzene rings is 2. The van der Waals surface area contributed by atoms with E-state index >= 15 is 0 Å². The number of H-pyrrole nitrogens is 1. The van der Waals surface area contributed by atoms with E-state index in [-0.39, 0.29) is 11.6 Å². The zero-order valence-electron chi connectivity index (χ0n) is 16.7. The van der Waals surface area contributed by atoms with E-state index in [1.54, 1.807) is 25.1 Å².